The number of pyridine rings is 1. The Kier molecular flexibility index (Phi) is 3.65. The van der Waals surface area contributed by atoms with Crippen LogP contribution in [0.3, 0.4) is 0 Å². The number of nitrogens with zero attached hydrogens (tertiary/aromatic N) is 2. The van der Waals surface area contributed by atoms with E-state index in [0.29, 0.717) is 6.04 Å². The number of aromatic nitrogens is 1. The van der Waals surface area contributed by atoms with Crippen LogP contribution in [0.5, 0.6) is 0 Å². The van der Waals surface area contributed by atoms with Gasteiger partial charge in [0.05, 0.1) is 5.69 Å². The summed E-state index contributed by atoms with van der Waals surface area (Å²) in [6, 6.07) is 4.43. The van der Waals surface area contributed by atoms with E-state index in [2.05, 4.69) is 16.9 Å². The number of nitrogens with two attached hydrogens (primary N) is 1. The molecule has 0 bridgehead atoms. The van der Waals surface area contributed by atoms with Crippen molar-refractivity contribution in [3.05, 3.63) is 18.3 Å². The van der Waals surface area contributed by atoms with Gasteiger partial charge < -0.3 is 10.6 Å². The van der Waals surface area contributed by atoms with Crippen molar-refractivity contribution in [1.29, 1.82) is 0 Å². The second kappa shape index (κ2) is 5.19. The lowest BCUT2D eigenvalue weighted by Crippen LogP contribution is -2.32. The summed E-state index contributed by atoms with van der Waals surface area (Å²) >= 11 is 0. The molecular formula is C13H21N3. The molecule has 1 heterocycles. The van der Waals surface area contributed by atoms with Crippen LogP contribution in [0.2, 0.25) is 0 Å². The molecule has 1 aliphatic rings. The van der Waals surface area contributed by atoms with E-state index in [0.717, 1.165) is 11.5 Å². The molecule has 2 N–H and O–H groups in total. The smallest absolute Gasteiger partial charge is 0.151 e. The fourth-order valence-corrected chi connectivity index (χ4v) is 2.52. The second-order valence-electron chi connectivity index (χ2n) is 4.67. The number of anilines is 2. The second-order valence-corrected chi connectivity index (χ2v) is 4.67. The van der Waals surface area contributed by atoms with Crippen LogP contribution in [0.25, 0.3) is 0 Å². The highest BCUT2D eigenvalue weighted by Crippen LogP contribution is 2.27. The van der Waals surface area contributed by atoms with Gasteiger partial charge in [-0.1, -0.05) is 25.7 Å². The van der Waals surface area contributed by atoms with Crippen molar-refractivity contribution in [2.24, 2.45) is 0 Å². The van der Waals surface area contributed by atoms with Gasteiger partial charge in [0.25, 0.3) is 0 Å². The van der Waals surface area contributed by atoms with E-state index in [-0.39, 0.29) is 0 Å². The van der Waals surface area contributed by atoms with E-state index in [1.165, 1.54) is 38.5 Å². The minimum atomic E-state index is 0.611. The first-order valence-corrected chi connectivity index (χ1v) is 6.22. The average molecular weight is 219 g/mol. The van der Waals surface area contributed by atoms with E-state index in [1.807, 2.05) is 18.3 Å². The van der Waals surface area contributed by atoms with E-state index in [9.17, 15) is 0 Å². The Morgan fingerprint density at radius 2 is 1.94 bits per heavy atom. The highest BCUT2D eigenvalue weighted by Gasteiger charge is 2.19. The predicted molar refractivity (Wildman–Crippen MR) is 68.5 cm³/mol. The summed E-state index contributed by atoms with van der Waals surface area (Å²) in [5.74, 6) is 0.939. The third kappa shape index (κ3) is 2.46. The number of hydrogen-bond donors (Lipinski definition) is 1. The quantitative estimate of drug-likeness (QED) is 0.778. The highest BCUT2D eigenvalue weighted by atomic mass is 15.2. The van der Waals surface area contributed by atoms with Crippen molar-refractivity contribution in [3.63, 3.8) is 0 Å². The molecule has 16 heavy (non-hydrogen) atoms. The lowest BCUT2D eigenvalue weighted by atomic mass is 10.1. The van der Waals surface area contributed by atoms with Gasteiger partial charge in [0.15, 0.2) is 5.82 Å². The van der Waals surface area contributed by atoms with Crippen LogP contribution in [0, 0.1) is 0 Å². The van der Waals surface area contributed by atoms with Crippen molar-refractivity contribution in [1.82, 2.24) is 4.98 Å². The van der Waals surface area contributed by atoms with Crippen LogP contribution in [0.15, 0.2) is 18.3 Å². The summed E-state index contributed by atoms with van der Waals surface area (Å²) in [5.41, 5.74) is 6.75. The molecule has 1 fully saturated rings. The summed E-state index contributed by atoms with van der Waals surface area (Å²) < 4.78 is 0. The van der Waals surface area contributed by atoms with Gasteiger partial charge in [-0.3, -0.25) is 0 Å². The van der Waals surface area contributed by atoms with Gasteiger partial charge >= 0.3 is 0 Å². The van der Waals surface area contributed by atoms with E-state index in [1.54, 1.807) is 0 Å². The molecule has 0 amide bonds. The normalized spacial score (nSPS) is 18.1. The molecule has 0 saturated heterocycles. The third-order valence-corrected chi connectivity index (χ3v) is 3.52. The van der Waals surface area contributed by atoms with Gasteiger partial charge in [-0.2, -0.15) is 0 Å². The molecule has 1 aromatic heterocycles. The van der Waals surface area contributed by atoms with E-state index < -0.39 is 0 Å². The Morgan fingerprint density at radius 1 is 1.25 bits per heavy atom. The highest BCUT2D eigenvalue weighted by molar-refractivity contribution is 5.62. The zero-order chi connectivity index (χ0) is 11.4. The molecule has 0 aliphatic heterocycles. The Morgan fingerprint density at radius 3 is 2.56 bits per heavy atom. The summed E-state index contributed by atoms with van der Waals surface area (Å²) in [5, 5.41) is 0. The van der Waals surface area contributed by atoms with Gasteiger partial charge in [-0.05, 0) is 25.0 Å². The molecule has 2 rings (SSSR count). The van der Waals surface area contributed by atoms with Crippen LogP contribution in [-0.4, -0.2) is 18.1 Å². The Balaban J connectivity index is 2.11. The maximum atomic E-state index is 5.96. The molecule has 3 heteroatoms. The lowest BCUT2D eigenvalue weighted by Gasteiger charge is -2.29. The first kappa shape index (κ1) is 11.2. The molecule has 1 aromatic rings. The SMILES string of the molecule is CN(c1ncccc1N)C1CCCCCC1. The first-order chi connectivity index (χ1) is 7.79. The van der Waals surface area contributed by atoms with Crippen LogP contribution in [-0.2, 0) is 0 Å². The Labute approximate surface area is 97.7 Å². The molecule has 0 radical (unpaired) electrons. The van der Waals surface area contributed by atoms with Crippen molar-refractivity contribution in [3.8, 4) is 0 Å². The number of hydrogen-bond acceptors (Lipinski definition) is 3. The van der Waals surface area contributed by atoms with Crippen molar-refractivity contribution < 1.29 is 0 Å². The fourth-order valence-electron chi connectivity index (χ4n) is 2.52. The summed E-state index contributed by atoms with van der Waals surface area (Å²) in [4.78, 5) is 6.65. The van der Waals surface area contributed by atoms with Crippen molar-refractivity contribution >= 4 is 11.5 Å². The molecule has 1 saturated carbocycles. The molecule has 0 atom stereocenters. The molecule has 3 nitrogen and oxygen atoms in total. The van der Waals surface area contributed by atoms with E-state index >= 15 is 0 Å². The fraction of sp³-hybridized carbons (Fsp3) is 0.615. The van der Waals surface area contributed by atoms with Gasteiger partial charge in [0, 0.05) is 19.3 Å². The Hall–Kier alpha value is -1.25. The van der Waals surface area contributed by atoms with Gasteiger partial charge in [-0.25, -0.2) is 4.98 Å². The van der Waals surface area contributed by atoms with Crippen LogP contribution >= 0.6 is 0 Å². The maximum absolute atomic E-state index is 5.96. The molecule has 88 valence electrons. The monoisotopic (exact) mass is 219 g/mol. The summed E-state index contributed by atoms with van der Waals surface area (Å²) in [6.07, 6.45) is 9.78. The van der Waals surface area contributed by atoms with Crippen LogP contribution in [0.4, 0.5) is 11.5 Å². The Bertz CT molecular complexity index is 330. The number of rotatable bonds is 2. The van der Waals surface area contributed by atoms with Crippen molar-refractivity contribution in [2.75, 3.05) is 17.7 Å². The molecule has 0 unspecified atom stereocenters. The topological polar surface area (TPSA) is 42.2 Å². The number of nitrogen functional groups attached to an aromatic ring is 1. The molecular weight excluding hydrogens is 198 g/mol. The predicted octanol–water partition coefficient (Wildman–Crippen LogP) is 2.82. The van der Waals surface area contributed by atoms with Gasteiger partial charge in [-0.15, -0.1) is 0 Å². The lowest BCUT2D eigenvalue weighted by molar-refractivity contribution is 0.550. The average Bonchev–Trinajstić information content (AvgIpc) is 2.57. The summed E-state index contributed by atoms with van der Waals surface area (Å²) in [6.45, 7) is 0. The minimum absolute atomic E-state index is 0.611. The maximum Gasteiger partial charge on any atom is 0.151 e. The van der Waals surface area contributed by atoms with E-state index in [4.69, 9.17) is 5.73 Å². The standard InChI is InChI=1S/C13H21N3/c1-16(11-7-4-2-3-5-8-11)13-12(14)9-6-10-15-13/h6,9-11H,2-5,7-8,14H2,1H3. The van der Waals surface area contributed by atoms with Crippen LogP contribution < -0.4 is 10.6 Å². The van der Waals surface area contributed by atoms with Gasteiger partial charge in [0.1, 0.15) is 0 Å². The van der Waals surface area contributed by atoms with Crippen molar-refractivity contribution in [2.45, 2.75) is 44.6 Å². The largest absolute Gasteiger partial charge is 0.396 e. The third-order valence-electron chi connectivity index (χ3n) is 3.52. The zero-order valence-electron chi connectivity index (χ0n) is 10.0. The minimum Gasteiger partial charge on any atom is -0.396 e. The summed E-state index contributed by atoms with van der Waals surface area (Å²) in [7, 11) is 2.12. The molecule has 0 aromatic carbocycles. The van der Waals surface area contributed by atoms with Crippen LogP contribution in [0.1, 0.15) is 38.5 Å². The molecule has 0 spiro atoms. The first-order valence-electron chi connectivity index (χ1n) is 6.22. The molecule has 1 aliphatic carbocycles. The van der Waals surface area contributed by atoms with Gasteiger partial charge in [0.2, 0.25) is 0 Å². The zero-order valence-corrected chi connectivity index (χ0v) is 10.0.